The summed E-state index contributed by atoms with van der Waals surface area (Å²) in [5.41, 5.74) is 7.59. The molecule has 0 bridgehead atoms. The second-order valence-electron chi connectivity index (χ2n) is 4.69. The van der Waals surface area contributed by atoms with Gasteiger partial charge >= 0.3 is 6.18 Å². The molecule has 21 heavy (non-hydrogen) atoms. The van der Waals surface area contributed by atoms with Crippen molar-refractivity contribution in [2.75, 3.05) is 11.1 Å². The molecule has 0 atom stereocenters. The Morgan fingerprint density at radius 1 is 1.14 bits per heavy atom. The molecule has 0 spiro atoms. The first-order valence-electron chi connectivity index (χ1n) is 6.05. The van der Waals surface area contributed by atoms with Crippen LogP contribution in [0.4, 0.5) is 30.2 Å². The number of nitrogen functional groups attached to an aromatic ring is 1. The Morgan fingerprint density at radius 2 is 1.71 bits per heavy atom. The number of aromatic nitrogens is 1. The van der Waals surface area contributed by atoms with Crippen LogP contribution >= 0.6 is 15.9 Å². The second kappa shape index (κ2) is 5.55. The van der Waals surface area contributed by atoms with Crippen molar-refractivity contribution >= 4 is 33.0 Å². The summed E-state index contributed by atoms with van der Waals surface area (Å²) in [6.07, 6.45) is -3.50. The summed E-state index contributed by atoms with van der Waals surface area (Å²) in [5.74, 6) is 0. The van der Waals surface area contributed by atoms with Gasteiger partial charge in [-0.05, 0) is 43.2 Å². The number of halogens is 4. The van der Waals surface area contributed by atoms with Crippen molar-refractivity contribution in [2.45, 2.75) is 20.0 Å². The molecule has 0 saturated heterocycles. The SMILES string of the molecule is Cc1cc(Br)cc(C)c1Nc1cc(C(F)(F)F)ncc1N. The van der Waals surface area contributed by atoms with E-state index in [1.54, 1.807) is 0 Å². The van der Waals surface area contributed by atoms with Gasteiger partial charge in [0.1, 0.15) is 5.69 Å². The van der Waals surface area contributed by atoms with Gasteiger partial charge in [0.05, 0.1) is 17.6 Å². The topological polar surface area (TPSA) is 50.9 Å². The third-order valence-electron chi connectivity index (χ3n) is 2.98. The number of anilines is 3. The summed E-state index contributed by atoms with van der Waals surface area (Å²) in [7, 11) is 0. The molecule has 0 radical (unpaired) electrons. The molecule has 1 aromatic carbocycles. The van der Waals surface area contributed by atoms with Crippen molar-refractivity contribution in [1.82, 2.24) is 4.98 Å². The predicted molar refractivity (Wildman–Crippen MR) is 80.6 cm³/mol. The van der Waals surface area contributed by atoms with Crippen molar-refractivity contribution < 1.29 is 13.2 Å². The molecule has 7 heteroatoms. The highest BCUT2D eigenvalue weighted by Gasteiger charge is 2.33. The molecule has 0 aliphatic rings. The van der Waals surface area contributed by atoms with Crippen LogP contribution in [0.1, 0.15) is 16.8 Å². The van der Waals surface area contributed by atoms with E-state index in [0.29, 0.717) is 0 Å². The Balaban J connectivity index is 2.45. The molecule has 1 heterocycles. The fraction of sp³-hybridized carbons (Fsp3) is 0.214. The fourth-order valence-corrected chi connectivity index (χ4v) is 2.66. The van der Waals surface area contributed by atoms with Crippen LogP contribution in [-0.2, 0) is 6.18 Å². The van der Waals surface area contributed by atoms with Gasteiger partial charge in [-0.25, -0.2) is 4.98 Å². The molecule has 3 nitrogen and oxygen atoms in total. The number of aryl methyl sites for hydroxylation is 2. The largest absolute Gasteiger partial charge is 0.433 e. The van der Waals surface area contributed by atoms with Crippen LogP contribution in [0.5, 0.6) is 0 Å². The minimum atomic E-state index is -4.51. The highest BCUT2D eigenvalue weighted by molar-refractivity contribution is 9.10. The van der Waals surface area contributed by atoms with Crippen molar-refractivity contribution in [3.63, 3.8) is 0 Å². The number of benzene rings is 1. The molecule has 0 aliphatic carbocycles. The Hall–Kier alpha value is -1.76. The van der Waals surface area contributed by atoms with Gasteiger partial charge < -0.3 is 11.1 Å². The van der Waals surface area contributed by atoms with Crippen LogP contribution in [0.15, 0.2) is 28.9 Å². The van der Waals surface area contributed by atoms with E-state index >= 15 is 0 Å². The average molecular weight is 360 g/mol. The molecule has 1 aromatic heterocycles. The van der Waals surface area contributed by atoms with E-state index in [1.165, 1.54) is 0 Å². The first-order chi connectivity index (χ1) is 9.68. The van der Waals surface area contributed by atoms with Gasteiger partial charge in [-0.3, -0.25) is 0 Å². The first kappa shape index (κ1) is 15.6. The Labute approximate surface area is 128 Å². The van der Waals surface area contributed by atoms with Gasteiger partial charge in [-0.1, -0.05) is 15.9 Å². The third-order valence-corrected chi connectivity index (χ3v) is 3.44. The minimum Gasteiger partial charge on any atom is -0.396 e. The minimum absolute atomic E-state index is 0.157. The first-order valence-corrected chi connectivity index (χ1v) is 6.84. The monoisotopic (exact) mass is 359 g/mol. The molecule has 0 aliphatic heterocycles. The van der Waals surface area contributed by atoms with Gasteiger partial charge in [-0.15, -0.1) is 0 Å². The maximum Gasteiger partial charge on any atom is 0.433 e. The molecule has 2 rings (SSSR count). The molecule has 0 amide bonds. The van der Waals surface area contributed by atoms with E-state index in [4.69, 9.17) is 5.73 Å². The maximum absolute atomic E-state index is 12.7. The van der Waals surface area contributed by atoms with E-state index in [9.17, 15) is 13.2 Å². The highest BCUT2D eigenvalue weighted by Crippen LogP contribution is 2.34. The number of hydrogen-bond donors (Lipinski definition) is 2. The van der Waals surface area contributed by atoms with Gasteiger partial charge in [0.25, 0.3) is 0 Å². The Morgan fingerprint density at radius 3 is 2.24 bits per heavy atom. The number of pyridine rings is 1. The molecular formula is C14H13BrF3N3. The molecule has 3 N–H and O–H groups in total. The third kappa shape index (κ3) is 3.47. The highest BCUT2D eigenvalue weighted by atomic mass is 79.9. The van der Waals surface area contributed by atoms with Crippen LogP contribution in [0.3, 0.4) is 0 Å². The lowest BCUT2D eigenvalue weighted by molar-refractivity contribution is -0.141. The normalized spacial score (nSPS) is 11.5. The summed E-state index contributed by atoms with van der Waals surface area (Å²) in [6.45, 7) is 3.73. The van der Waals surface area contributed by atoms with E-state index in [0.717, 1.165) is 33.6 Å². The average Bonchev–Trinajstić information content (AvgIpc) is 2.34. The Kier molecular flexibility index (Phi) is 4.13. The van der Waals surface area contributed by atoms with E-state index < -0.39 is 11.9 Å². The summed E-state index contributed by atoms with van der Waals surface area (Å²) in [6, 6.07) is 4.66. The van der Waals surface area contributed by atoms with Crippen molar-refractivity contribution in [3.05, 3.63) is 45.7 Å². The zero-order chi connectivity index (χ0) is 15.8. The van der Waals surface area contributed by atoms with Gasteiger partial charge in [0.2, 0.25) is 0 Å². The Bertz CT molecular complexity index is 661. The second-order valence-corrected chi connectivity index (χ2v) is 5.61. The van der Waals surface area contributed by atoms with Crippen molar-refractivity contribution in [2.24, 2.45) is 0 Å². The lowest BCUT2D eigenvalue weighted by Gasteiger charge is -2.16. The fourth-order valence-electron chi connectivity index (χ4n) is 1.97. The molecule has 0 saturated carbocycles. The van der Waals surface area contributed by atoms with Gasteiger partial charge in [-0.2, -0.15) is 13.2 Å². The lowest BCUT2D eigenvalue weighted by atomic mass is 10.1. The quantitative estimate of drug-likeness (QED) is 0.809. The number of alkyl halides is 3. The number of rotatable bonds is 2. The van der Waals surface area contributed by atoms with Crippen LogP contribution < -0.4 is 11.1 Å². The van der Waals surface area contributed by atoms with Crippen molar-refractivity contribution in [3.8, 4) is 0 Å². The van der Waals surface area contributed by atoms with Gasteiger partial charge in [0.15, 0.2) is 0 Å². The van der Waals surface area contributed by atoms with Crippen molar-refractivity contribution in [1.29, 1.82) is 0 Å². The number of nitrogens with one attached hydrogen (secondary N) is 1. The van der Waals surface area contributed by atoms with Crippen LogP contribution in [0, 0.1) is 13.8 Å². The van der Waals surface area contributed by atoms with Crippen LogP contribution in [0.25, 0.3) is 0 Å². The lowest BCUT2D eigenvalue weighted by Crippen LogP contribution is -2.10. The van der Waals surface area contributed by atoms with E-state index in [2.05, 4.69) is 26.2 Å². The zero-order valence-corrected chi connectivity index (χ0v) is 12.9. The summed E-state index contributed by atoms with van der Waals surface area (Å²) >= 11 is 3.37. The smallest absolute Gasteiger partial charge is 0.396 e. The standard InChI is InChI=1S/C14H13BrF3N3/c1-7-3-9(15)4-8(2)13(7)21-11-5-12(14(16,17)18)20-6-10(11)19/h3-6H,19H2,1-2H3,(H,20,21). The van der Waals surface area contributed by atoms with Crippen LogP contribution in [0.2, 0.25) is 0 Å². The molecule has 0 fully saturated rings. The predicted octanol–water partition coefficient (Wildman–Crippen LogP) is 4.81. The molecular weight excluding hydrogens is 347 g/mol. The molecule has 112 valence electrons. The number of hydrogen-bond acceptors (Lipinski definition) is 3. The summed E-state index contributed by atoms with van der Waals surface area (Å²) < 4.78 is 39.0. The number of nitrogens with two attached hydrogens (primary N) is 1. The van der Waals surface area contributed by atoms with E-state index in [-0.39, 0.29) is 11.4 Å². The summed E-state index contributed by atoms with van der Waals surface area (Å²) in [5, 5.41) is 2.96. The van der Waals surface area contributed by atoms with Gasteiger partial charge in [0, 0.05) is 10.2 Å². The number of nitrogens with zero attached hydrogens (tertiary/aromatic N) is 1. The maximum atomic E-state index is 12.7. The summed E-state index contributed by atoms with van der Waals surface area (Å²) in [4.78, 5) is 3.31. The van der Waals surface area contributed by atoms with E-state index in [1.807, 2.05) is 26.0 Å². The molecule has 0 unspecified atom stereocenters. The zero-order valence-electron chi connectivity index (χ0n) is 11.3. The van der Waals surface area contributed by atoms with Crippen LogP contribution in [-0.4, -0.2) is 4.98 Å². The molecule has 2 aromatic rings.